The molecule has 2 nitrogen and oxygen atoms in total. The molecule has 0 unspecified atom stereocenters. The van der Waals surface area contributed by atoms with Gasteiger partial charge in [-0.15, -0.1) is 0 Å². The molecule has 0 aliphatic rings. The minimum atomic E-state index is 0.621. The van der Waals surface area contributed by atoms with Gasteiger partial charge in [-0.25, -0.2) is 0 Å². The maximum absolute atomic E-state index is 10.6. The van der Waals surface area contributed by atoms with Crippen molar-refractivity contribution < 1.29 is 9.53 Å². The molecule has 2 rings (SSSR count). The molecule has 0 aliphatic heterocycles. The van der Waals surface area contributed by atoms with Crippen molar-refractivity contribution in [1.82, 2.24) is 0 Å². The first-order valence-corrected chi connectivity index (χ1v) is 7.09. The fourth-order valence-corrected chi connectivity index (χ4v) is 2.32. The minimum absolute atomic E-state index is 0.621. The van der Waals surface area contributed by atoms with E-state index in [1.165, 1.54) is 5.56 Å². The molecule has 0 N–H and O–H groups in total. The van der Waals surface area contributed by atoms with Gasteiger partial charge in [-0.1, -0.05) is 26.0 Å². The molecule has 0 amide bonds. The van der Waals surface area contributed by atoms with Gasteiger partial charge in [-0.3, -0.25) is 4.79 Å². The van der Waals surface area contributed by atoms with E-state index in [-0.39, 0.29) is 0 Å². The summed E-state index contributed by atoms with van der Waals surface area (Å²) in [5.41, 5.74) is 2.01. The third-order valence-corrected chi connectivity index (χ3v) is 3.59. The number of benzene rings is 2. The molecule has 104 valence electrons. The molecule has 0 fully saturated rings. The Bertz CT molecular complexity index is 537. The third-order valence-electron chi connectivity index (χ3n) is 3.59. The second-order valence-corrected chi connectivity index (χ2v) is 4.87. The predicted molar refractivity (Wildman–Crippen MR) is 81.7 cm³/mol. The number of aldehydes is 1. The predicted octanol–water partition coefficient (Wildman–Crippen LogP) is 5.20. The lowest BCUT2D eigenvalue weighted by Gasteiger charge is -2.13. The molecule has 0 atom stereocenters. The molecule has 20 heavy (non-hydrogen) atoms. The standard InChI is InChI=1S/C18H20O2/c1-3-15(4-2)16-7-11-18(12-8-16)20-17-9-5-14(13-19)6-10-17/h5-13,15H,3-4H2,1-2H3. The van der Waals surface area contributed by atoms with E-state index in [2.05, 4.69) is 26.0 Å². The van der Waals surface area contributed by atoms with Crippen LogP contribution in [0.3, 0.4) is 0 Å². The monoisotopic (exact) mass is 268 g/mol. The van der Waals surface area contributed by atoms with E-state index >= 15 is 0 Å². The van der Waals surface area contributed by atoms with Gasteiger partial charge in [0.1, 0.15) is 17.8 Å². The lowest BCUT2D eigenvalue weighted by atomic mass is 9.94. The minimum Gasteiger partial charge on any atom is -0.457 e. The molecule has 0 bridgehead atoms. The number of rotatable bonds is 6. The van der Waals surface area contributed by atoms with Crippen molar-refractivity contribution in [2.45, 2.75) is 32.6 Å². The van der Waals surface area contributed by atoms with Crippen molar-refractivity contribution in [3.05, 3.63) is 59.7 Å². The number of hydrogen-bond donors (Lipinski definition) is 0. The zero-order valence-electron chi connectivity index (χ0n) is 12.0. The van der Waals surface area contributed by atoms with Crippen LogP contribution in [0.15, 0.2) is 48.5 Å². The Morgan fingerprint density at radius 2 is 1.40 bits per heavy atom. The van der Waals surface area contributed by atoms with Crippen molar-refractivity contribution >= 4 is 6.29 Å². The van der Waals surface area contributed by atoms with Gasteiger partial charge in [0.05, 0.1) is 0 Å². The summed E-state index contributed by atoms with van der Waals surface area (Å²) in [5.74, 6) is 2.18. The van der Waals surface area contributed by atoms with Crippen LogP contribution in [0.5, 0.6) is 11.5 Å². The third kappa shape index (κ3) is 3.47. The highest BCUT2D eigenvalue weighted by molar-refractivity contribution is 5.74. The Balaban J connectivity index is 2.07. The summed E-state index contributed by atoms with van der Waals surface area (Å²) in [7, 11) is 0. The summed E-state index contributed by atoms with van der Waals surface area (Å²) < 4.78 is 5.76. The second-order valence-electron chi connectivity index (χ2n) is 4.87. The van der Waals surface area contributed by atoms with Gasteiger partial charge in [0, 0.05) is 5.56 Å². The van der Waals surface area contributed by atoms with Gasteiger partial charge in [0.15, 0.2) is 0 Å². The first-order chi connectivity index (χ1) is 9.76. The van der Waals surface area contributed by atoms with E-state index in [9.17, 15) is 4.79 Å². The number of hydrogen-bond acceptors (Lipinski definition) is 2. The summed E-state index contributed by atoms with van der Waals surface area (Å²) in [6.07, 6.45) is 3.14. The van der Waals surface area contributed by atoms with E-state index in [0.717, 1.165) is 30.6 Å². The highest BCUT2D eigenvalue weighted by atomic mass is 16.5. The molecule has 0 saturated carbocycles. The number of ether oxygens (including phenoxy) is 1. The van der Waals surface area contributed by atoms with Crippen molar-refractivity contribution in [2.24, 2.45) is 0 Å². The van der Waals surface area contributed by atoms with Gasteiger partial charge < -0.3 is 4.74 Å². The molecule has 2 aromatic carbocycles. The van der Waals surface area contributed by atoms with Crippen LogP contribution in [-0.2, 0) is 0 Å². The fourth-order valence-electron chi connectivity index (χ4n) is 2.32. The van der Waals surface area contributed by atoms with E-state index in [1.807, 2.05) is 12.1 Å². The normalized spacial score (nSPS) is 10.6. The second kappa shape index (κ2) is 6.90. The molecule has 0 saturated heterocycles. The SMILES string of the molecule is CCC(CC)c1ccc(Oc2ccc(C=O)cc2)cc1. The summed E-state index contributed by atoms with van der Waals surface area (Å²) in [6.45, 7) is 4.43. The quantitative estimate of drug-likeness (QED) is 0.673. The van der Waals surface area contributed by atoms with Crippen LogP contribution in [-0.4, -0.2) is 6.29 Å². The zero-order chi connectivity index (χ0) is 14.4. The summed E-state index contributed by atoms with van der Waals surface area (Å²) in [6, 6.07) is 15.4. The lowest BCUT2D eigenvalue weighted by molar-refractivity contribution is 0.112. The highest BCUT2D eigenvalue weighted by Gasteiger charge is 2.06. The lowest BCUT2D eigenvalue weighted by Crippen LogP contribution is -1.95. The smallest absolute Gasteiger partial charge is 0.150 e. The summed E-state index contributed by atoms with van der Waals surface area (Å²) in [5, 5.41) is 0. The first kappa shape index (κ1) is 14.3. The van der Waals surface area contributed by atoms with Crippen LogP contribution in [0, 0.1) is 0 Å². The summed E-state index contributed by atoms with van der Waals surface area (Å²) >= 11 is 0. The van der Waals surface area contributed by atoms with Crippen LogP contribution in [0.1, 0.15) is 48.5 Å². The van der Waals surface area contributed by atoms with Crippen LogP contribution >= 0.6 is 0 Å². The van der Waals surface area contributed by atoms with E-state index in [0.29, 0.717) is 11.5 Å². The maximum Gasteiger partial charge on any atom is 0.150 e. The molecule has 0 aromatic heterocycles. The fraction of sp³-hybridized carbons (Fsp3) is 0.278. The van der Waals surface area contributed by atoms with E-state index < -0.39 is 0 Å². The van der Waals surface area contributed by atoms with Gasteiger partial charge >= 0.3 is 0 Å². The molecule has 0 spiro atoms. The number of carbonyl (C=O) groups is 1. The first-order valence-electron chi connectivity index (χ1n) is 7.09. The van der Waals surface area contributed by atoms with Crippen molar-refractivity contribution in [1.29, 1.82) is 0 Å². The summed E-state index contributed by atoms with van der Waals surface area (Å²) in [4.78, 5) is 10.6. The maximum atomic E-state index is 10.6. The number of carbonyl (C=O) groups excluding carboxylic acids is 1. The Labute approximate surface area is 120 Å². The molecular formula is C18H20O2. The molecule has 0 radical (unpaired) electrons. The molecule has 0 aliphatic carbocycles. The van der Waals surface area contributed by atoms with Crippen LogP contribution in [0.2, 0.25) is 0 Å². The molecule has 0 heterocycles. The Morgan fingerprint density at radius 1 is 0.900 bits per heavy atom. The largest absolute Gasteiger partial charge is 0.457 e. The molecule has 2 aromatic rings. The van der Waals surface area contributed by atoms with Crippen molar-refractivity contribution in [2.75, 3.05) is 0 Å². The van der Waals surface area contributed by atoms with Gasteiger partial charge in [0.2, 0.25) is 0 Å². The van der Waals surface area contributed by atoms with Gasteiger partial charge in [0.25, 0.3) is 0 Å². The van der Waals surface area contributed by atoms with E-state index in [1.54, 1.807) is 24.3 Å². The van der Waals surface area contributed by atoms with Crippen molar-refractivity contribution in [3.8, 4) is 11.5 Å². The Hall–Kier alpha value is -2.09. The molecule has 2 heteroatoms. The topological polar surface area (TPSA) is 26.3 Å². The van der Waals surface area contributed by atoms with Crippen molar-refractivity contribution in [3.63, 3.8) is 0 Å². The van der Waals surface area contributed by atoms with Gasteiger partial charge in [-0.05, 0) is 60.7 Å². The van der Waals surface area contributed by atoms with Crippen LogP contribution in [0.4, 0.5) is 0 Å². The van der Waals surface area contributed by atoms with E-state index in [4.69, 9.17) is 4.74 Å². The highest BCUT2D eigenvalue weighted by Crippen LogP contribution is 2.27. The average molecular weight is 268 g/mol. The molecular weight excluding hydrogens is 248 g/mol. The average Bonchev–Trinajstić information content (AvgIpc) is 2.51. The van der Waals surface area contributed by atoms with Gasteiger partial charge in [-0.2, -0.15) is 0 Å². The Morgan fingerprint density at radius 3 is 1.85 bits per heavy atom. The Kier molecular flexibility index (Phi) is 4.94. The van der Waals surface area contributed by atoms with Crippen LogP contribution in [0.25, 0.3) is 0 Å². The zero-order valence-corrected chi connectivity index (χ0v) is 12.0. The van der Waals surface area contributed by atoms with Crippen LogP contribution < -0.4 is 4.74 Å².